The molecule has 1 saturated heterocycles. The van der Waals surface area contributed by atoms with Crippen molar-refractivity contribution in [3.05, 3.63) is 17.1 Å². The smallest absolute Gasteiger partial charge is 0.291 e. The maximum Gasteiger partial charge on any atom is 0.291 e. The molecule has 3 aliphatic rings. The molecule has 0 unspecified atom stereocenters. The molecule has 1 amide bonds. The number of fused-ring (bicyclic) bond motifs is 1. The second-order valence-corrected chi connectivity index (χ2v) is 12.6. The molecule has 2 saturated carbocycles. The normalized spacial score (nSPS) is 19.2. The summed E-state index contributed by atoms with van der Waals surface area (Å²) < 4.78 is 57.3. The van der Waals surface area contributed by atoms with Gasteiger partial charge in [0.1, 0.15) is 11.2 Å². The number of sulfonamides is 1. The van der Waals surface area contributed by atoms with Crippen molar-refractivity contribution in [3.63, 3.8) is 0 Å². The van der Waals surface area contributed by atoms with Gasteiger partial charge in [0.25, 0.3) is 6.43 Å². The van der Waals surface area contributed by atoms with E-state index in [1.54, 1.807) is 17.8 Å². The zero-order valence-electron chi connectivity index (χ0n) is 20.4. The number of hydrogen-bond acceptors (Lipinski definition) is 9. The monoisotopic (exact) mass is 562 g/mol. The van der Waals surface area contributed by atoms with Gasteiger partial charge in [-0.25, -0.2) is 17.2 Å². The van der Waals surface area contributed by atoms with Crippen LogP contribution in [-0.4, -0.2) is 70.9 Å². The zero-order valence-corrected chi connectivity index (χ0v) is 22.0. The zero-order chi connectivity index (χ0) is 26.8. The summed E-state index contributed by atoms with van der Waals surface area (Å²) in [5.41, 5.74) is 0.319. The molecule has 6 rings (SSSR count). The Balaban J connectivity index is 1.44. The lowest BCUT2D eigenvalue weighted by atomic mass is 10.1. The molecule has 11 nitrogen and oxygen atoms in total. The maximum atomic E-state index is 13.4. The Morgan fingerprint density at radius 3 is 2.50 bits per heavy atom. The highest BCUT2D eigenvalue weighted by molar-refractivity contribution is 7.89. The third-order valence-corrected chi connectivity index (χ3v) is 9.64. The Morgan fingerprint density at radius 2 is 1.92 bits per heavy atom. The number of anilines is 1. The average Bonchev–Trinajstić information content (AvgIpc) is 3.81. The van der Waals surface area contributed by atoms with E-state index in [0.29, 0.717) is 66.9 Å². The molecule has 0 bridgehead atoms. The molecule has 0 radical (unpaired) electrons. The average molecular weight is 563 g/mol. The second-order valence-electron chi connectivity index (χ2n) is 9.94. The fraction of sp³-hybridized carbons (Fsp3) is 0.522. The number of carbonyl (C=O) groups excluding carboxylic acids is 1. The fourth-order valence-corrected chi connectivity index (χ4v) is 6.89. The Hall–Kier alpha value is -3.22. The largest absolute Gasteiger partial charge is 0.366 e. The molecular weight excluding hydrogens is 538 g/mol. The molecule has 0 spiro atoms. The molecule has 1 N–H and O–H groups in total. The van der Waals surface area contributed by atoms with Crippen molar-refractivity contribution in [2.75, 3.05) is 31.1 Å². The van der Waals surface area contributed by atoms with Gasteiger partial charge in [0, 0.05) is 44.5 Å². The molecule has 1 aromatic carbocycles. The van der Waals surface area contributed by atoms with Crippen molar-refractivity contribution in [2.24, 2.45) is 13.0 Å². The number of hydrogen-bond donors (Lipinski definition) is 1. The number of aryl methyl sites for hydroxylation is 1. The highest BCUT2D eigenvalue weighted by Crippen LogP contribution is 2.40. The Labute approximate surface area is 221 Å². The van der Waals surface area contributed by atoms with Gasteiger partial charge in [-0.15, -0.1) is 10.2 Å². The van der Waals surface area contributed by atoms with Crippen LogP contribution in [0.1, 0.15) is 37.1 Å². The summed E-state index contributed by atoms with van der Waals surface area (Å²) >= 11 is 0.699. The van der Waals surface area contributed by atoms with Gasteiger partial charge in [-0.2, -0.15) is 15.1 Å². The van der Waals surface area contributed by atoms with Gasteiger partial charge in [0.15, 0.2) is 10.0 Å². The van der Waals surface area contributed by atoms with E-state index in [2.05, 4.69) is 20.0 Å². The third-order valence-electron chi connectivity index (χ3n) is 7.18. The summed E-state index contributed by atoms with van der Waals surface area (Å²) in [6, 6.07) is 5.02. The molecule has 3 aromatic rings. The molecular formula is C23H24F2N8O3S2. The molecule has 2 aromatic heterocycles. The number of benzene rings is 1. The van der Waals surface area contributed by atoms with Crippen LogP contribution in [0.15, 0.2) is 17.0 Å². The summed E-state index contributed by atoms with van der Waals surface area (Å²) in [5.74, 6) is 0.280. The SMILES string of the molecule is Cn1nc(-c2nnc(C(F)F)s2)c2cc(S(=O)(=O)NC3(C#N)CC3)cc(N3CCN(C(=O)C4CC4)CC3)c21. The predicted octanol–water partition coefficient (Wildman–Crippen LogP) is 2.42. The number of amides is 1. The minimum Gasteiger partial charge on any atom is -0.366 e. The van der Waals surface area contributed by atoms with E-state index in [-0.39, 0.29) is 27.4 Å². The first kappa shape index (κ1) is 25.1. The number of carbonyl (C=O) groups is 1. The lowest BCUT2D eigenvalue weighted by Gasteiger charge is -2.36. The molecule has 38 heavy (non-hydrogen) atoms. The molecule has 3 fully saturated rings. The van der Waals surface area contributed by atoms with Crippen LogP contribution >= 0.6 is 11.3 Å². The van der Waals surface area contributed by atoms with E-state index in [1.165, 1.54) is 6.07 Å². The van der Waals surface area contributed by atoms with E-state index in [1.807, 2.05) is 15.9 Å². The number of aromatic nitrogens is 4. The fourth-order valence-electron chi connectivity index (χ4n) is 4.77. The van der Waals surface area contributed by atoms with Gasteiger partial charge in [-0.1, -0.05) is 11.3 Å². The number of nitrogens with one attached hydrogen (secondary N) is 1. The van der Waals surface area contributed by atoms with Crippen molar-refractivity contribution in [3.8, 4) is 16.8 Å². The van der Waals surface area contributed by atoms with Crippen LogP contribution in [-0.2, 0) is 21.9 Å². The number of piperazine rings is 1. The van der Waals surface area contributed by atoms with Crippen LogP contribution in [0.5, 0.6) is 0 Å². The molecule has 1 aliphatic heterocycles. The predicted molar refractivity (Wildman–Crippen MR) is 134 cm³/mol. The minimum absolute atomic E-state index is 0.0640. The Bertz CT molecular complexity index is 1580. The van der Waals surface area contributed by atoms with Gasteiger partial charge in [-0.3, -0.25) is 9.48 Å². The van der Waals surface area contributed by atoms with Gasteiger partial charge in [-0.05, 0) is 37.8 Å². The van der Waals surface area contributed by atoms with Crippen LogP contribution < -0.4 is 9.62 Å². The first-order chi connectivity index (χ1) is 18.1. The van der Waals surface area contributed by atoms with Crippen LogP contribution in [0, 0.1) is 17.2 Å². The number of halogens is 2. The standard InChI is InChI=1S/C23H24F2N8O3S2/c1-31-18-15(17(29-31)20-27-28-21(37-20)19(24)25)10-14(38(35,36)30-23(12-26)4-5-23)11-16(18)32-6-8-33(9-7-32)22(34)13-2-3-13/h10-11,13,19,30H,2-9H2,1H3. The molecule has 0 atom stereocenters. The molecule has 2 aliphatic carbocycles. The lowest BCUT2D eigenvalue weighted by Crippen LogP contribution is -2.49. The van der Waals surface area contributed by atoms with Gasteiger partial charge >= 0.3 is 0 Å². The molecule has 3 heterocycles. The van der Waals surface area contributed by atoms with Gasteiger partial charge in [0.2, 0.25) is 15.9 Å². The van der Waals surface area contributed by atoms with E-state index in [4.69, 9.17) is 0 Å². The Kier molecular flexibility index (Phi) is 5.89. The van der Waals surface area contributed by atoms with Crippen molar-refractivity contribution < 1.29 is 22.0 Å². The summed E-state index contributed by atoms with van der Waals surface area (Å²) in [7, 11) is -2.41. The highest BCUT2D eigenvalue weighted by Gasteiger charge is 2.47. The van der Waals surface area contributed by atoms with Crippen LogP contribution in [0.2, 0.25) is 0 Å². The highest BCUT2D eigenvalue weighted by atomic mass is 32.2. The van der Waals surface area contributed by atoms with Crippen LogP contribution in [0.3, 0.4) is 0 Å². The lowest BCUT2D eigenvalue weighted by molar-refractivity contribution is -0.132. The topological polar surface area (TPSA) is 137 Å². The van der Waals surface area contributed by atoms with E-state index >= 15 is 0 Å². The molecule has 15 heteroatoms. The van der Waals surface area contributed by atoms with Gasteiger partial charge < -0.3 is 9.80 Å². The van der Waals surface area contributed by atoms with Crippen LogP contribution in [0.25, 0.3) is 21.6 Å². The number of rotatable bonds is 7. The number of nitrogens with zero attached hydrogens (tertiary/aromatic N) is 7. The van der Waals surface area contributed by atoms with E-state index in [9.17, 15) is 27.3 Å². The van der Waals surface area contributed by atoms with E-state index in [0.717, 1.165) is 12.8 Å². The first-order valence-corrected chi connectivity index (χ1v) is 14.5. The minimum atomic E-state index is -4.10. The number of nitriles is 1. The number of alkyl halides is 2. The van der Waals surface area contributed by atoms with Crippen LogP contribution in [0.4, 0.5) is 14.5 Å². The summed E-state index contributed by atoms with van der Waals surface area (Å²) in [6.07, 6.45) is -0.0919. The van der Waals surface area contributed by atoms with Crippen molar-refractivity contribution in [2.45, 2.75) is 42.5 Å². The van der Waals surface area contributed by atoms with Crippen molar-refractivity contribution >= 4 is 43.9 Å². The van der Waals surface area contributed by atoms with Crippen molar-refractivity contribution in [1.82, 2.24) is 29.6 Å². The summed E-state index contributed by atoms with van der Waals surface area (Å²) in [5, 5.41) is 21.5. The summed E-state index contributed by atoms with van der Waals surface area (Å²) in [6.45, 7) is 1.98. The van der Waals surface area contributed by atoms with Gasteiger partial charge in [0.05, 0.1) is 22.2 Å². The summed E-state index contributed by atoms with van der Waals surface area (Å²) in [4.78, 5) is 16.3. The first-order valence-electron chi connectivity index (χ1n) is 12.2. The van der Waals surface area contributed by atoms with E-state index < -0.39 is 27.0 Å². The molecule has 200 valence electrons. The Morgan fingerprint density at radius 1 is 1.21 bits per heavy atom. The van der Waals surface area contributed by atoms with Crippen molar-refractivity contribution in [1.29, 1.82) is 5.26 Å². The maximum absolute atomic E-state index is 13.4. The third kappa shape index (κ3) is 4.40. The quantitative estimate of drug-likeness (QED) is 0.464. The second kappa shape index (κ2) is 8.92.